The molecule has 2 aromatic rings. The van der Waals surface area contributed by atoms with Crippen LogP contribution in [-0.4, -0.2) is 6.54 Å². The van der Waals surface area contributed by atoms with Crippen LogP contribution in [0.3, 0.4) is 0 Å². The van der Waals surface area contributed by atoms with E-state index in [1.807, 2.05) is 11.3 Å². The second kappa shape index (κ2) is 6.95. The van der Waals surface area contributed by atoms with Crippen molar-refractivity contribution < 1.29 is 0 Å². The predicted octanol–water partition coefficient (Wildman–Crippen LogP) is 6.39. The van der Waals surface area contributed by atoms with Crippen molar-refractivity contribution >= 4 is 43.2 Å². The van der Waals surface area contributed by atoms with Crippen molar-refractivity contribution in [2.45, 2.75) is 32.2 Å². The summed E-state index contributed by atoms with van der Waals surface area (Å²) in [4.78, 5) is 2.81. The number of halogens is 2. The van der Waals surface area contributed by atoms with Gasteiger partial charge < -0.3 is 5.32 Å². The van der Waals surface area contributed by atoms with Crippen LogP contribution in [0.5, 0.6) is 0 Å². The second-order valence-electron chi connectivity index (χ2n) is 5.60. The lowest BCUT2D eigenvalue weighted by atomic mass is 10.1. The molecule has 3 rings (SSSR count). The highest BCUT2D eigenvalue weighted by molar-refractivity contribution is 9.11. The number of hydrogen-bond acceptors (Lipinski definition) is 2. The topological polar surface area (TPSA) is 12.0 Å². The molecule has 21 heavy (non-hydrogen) atoms. The fourth-order valence-electron chi connectivity index (χ4n) is 2.58. The van der Waals surface area contributed by atoms with Gasteiger partial charge in [-0.3, -0.25) is 0 Å². The van der Waals surface area contributed by atoms with Crippen molar-refractivity contribution in [3.05, 3.63) is 44.2 Å². The molecule has 1 nitrogen and oxygen atoms in total. The largest absolute Gasteiger partial charge is 0.309 e. The molecule has 1 unspecified atom stereocenters. The Morgan fingerprint density at radius 2 is 2.05 bits per heavy atom. The van der Waals surface area contributed by atoms with E-state index in [1.165, 1.54) is 34.6 Å². The van der Waals surface area contributed by atoms with Crippen molar-refractivity contribution in [3.8, 4) is 10.4 Å². The van der Waals surface area contributed by atoms with Gasteiger partial charge in [0, 0.05) is 30.3 Å². The third kappa shape index (κ3) is 3.79. The van der Waals surface area contributed by atoms with Gasteiger partial charge in [-0.15, -0.1) is 11.3 Å². The molecule has 1 heterocycles. The minimum absolute atomic E-state index is 0.551. The van der Waals surface area contributed by atoms with Gasteiger partial charge in [-0.1, -0.05) is 38.8 Å². The van der Waals surface area contributed by atoms with Crippen LogP contribution in [0.4, 0.5) is 0 Å². The van der Waals surface area contributed by atoms with Crippen LogP contribution in [0, 0.1) is 5.92 Å². The molecular weight excluding hydrogens is 410 g/mol. The van der Waals surface area contributed by atoms with Crippen LogP contribution in [0.25, 0.3) is 10.4 Å². The summed E-state index contributed by atoms with van der Waals surface area (Å²) in [6.45, 7) is 3.34. The summed E-state index contributed by atoms with van der Waals surface area (Å²) in [5.74, 6) is 0.842. The first-order chi connectivity index (χ1) is 10.2. The van der Waals surface area contributed by atoms with Crippen LogP contribution in [0.1, 0.15) is 37.1 Å². The Morgan fingerprint density at radius 3 is 2.76 bits per heavy atom. The zero-order valence-electron chi connectivity index (χ0n) is 12.0. The molecule has 4 heteroatoms. The molecule has 0 amide bonds. The van der Waals surface area contributed by atoms with Crippen molar-refractivity contribution in [1.29, 1.82) is 0 Å². The molecule has 1 atom stereocenters. The molecule has 0 saturated heterocycles. The van der Waals surface area contributed by atoms with Gasteiger partial charge in [0.15, 0.2) is 0 Å². The highest BCUT2D eigenvalue weighted by atomic mass is 79.9. The molecule has 1 fully saturated rings. The fraction of sp³-hybridized carbons (Fsp3) is 0.412. The summed E-state index contributed by atoms with van der Waals surface area (Å²) in [6.07, 6.45) is 3.93. The molecule has 1 N–H and O–H groups in total. The average molecular weight is 429 g/mol. The van der Waals surface area contributed by atoms with E-state index in [1.54, 1.807) is 0 Å². The summed E-state index contributed by atoms with van der Waals surface area (Å²) >= 11 is 9.16. The molecule has 1 aliphatic carbocycles. The number of hydrogen-bond donors (Lipinski definition) is 1. The van der Waals surface area contributed by atoms with Crippen molar-refractivity contribution in [3.63, 3.8) is 0 Å². The monoisotopic (exact) mass is 427 g/mol. The van der Waals surface area contributed by atoms with Gasteiger partial charge in [-0.2, -0.15) is 0 Å². The summed E-state index contributed by atoms with van der Waals surface area (Å²) in [6, 6.07) is 11.5. The fourth-order valence-corrected chi connectivity index (χ4v) is 4.74. The quantitative estimate of drug-likeness (QED) is 0.561. The first kappa shape index (κ1) is 15.7. The Bertz CT molecular complexity index is 619. The van der Waals surface area contributed by atoms with E-state index in [4.69, 9.17) is 0 Å². The maximum absolute atomic E-state index is 3.73. The van der Waals surface area contributed by atoms with Gasteiger partial charge in [0.2, 0.25) is 0 Å². The lowest BCUT2D eigenvalue weighted by Crippen LogP contribution is -2.22. The zero-order chi connectivity index (χ0) is 14.8. The summed E-state index contributed by atoms with van der Waals surface area (Å²) in [5.41, 5.74) is 1.27. The molecule has 0 radical (unpaired) electrons. The molecule has 0 bridgehead atoms. The lowest BCUT2D eigenvalue weighted by Gasteiger charge is -2.16. The van der Waals surface area contributed by atoms with Crippen molar-refractivity contribution in [1.82, 2.24) is 5.32 Å². The van der Waals surface area contributed by atoms with Gasteiger partial charge in [-0.05, 0) is 62.1 Å². The third-order valence-electron chi connectivity index (χ3n) is 3.83. The predicted molar refractivity (Wildman–Crippen MR) is 98.9 cm³/mol. The van der Waals surface area contributed by atoms with Gasteiger partial charge in [-0.25, -0.2) is 0 Å². The van der Waals surface area contributed by atoms with Crippen LogP contribution < -0.4 is 5.32 Å². The number of nitrogens with one attached hydrogen (secondary N) is 1. The van der Waals surface area contributed by atoms with E-state index < -0.39 is 0 Å². The van der Waals surface area contributed by atoms with Crippen molar-refractivity contribution in [2.24, 2.45) is 5.92 Å². The first-order valence-corrected chi connectivity index (χ1v) is 9.88. The highest BCUT2D eigenvalue weighted by Gasteiger charge is 2.32. The Kier molecular flexibility index (Phi) is 5.20. The minimum Gasteiger partial charge on any atom is -0.309 e. The summed E-state index contributed by atoms with van der Waals surface area (Å²) in [5, 5.41) is 3.73. The maximum Gasteiger partial charge on any atom is 0.0443 e. The SMILES string of the molecule is CCCNC(c1ccc(-c2cc(Br)ccc2Br)s1)C1CC1. The van der Waals surface area contributed by atoms with E-state index in [9.17, 15) is 0 Å². The van der Waals surface area contributed by atoms with E-state index in [0.29, 0.717) is 6.04 Å². The summed E-state index contributed by atoms with van der Waals surface area (Å²) < 4.78 is 2.28. The molecular formula is C17H19Br2NS. The molecule has 0 spiro atoms. The van der Waals surface area contributed by atoms with E-state index >= 15 is 0 Å². The van der Waals surface area contributed by atoms with Gasteiger partial charge in [0.1, 0.15) is 0 Å². The molecule has 1 aliphatic rings. The Balaban J connectivity index is 1.86. The summed E-state index contributed by atoms with van der Waals surface area (Å²) in [7, 11) is 0. The van der Waals surface area contributed by atoms with Crippen LogP contribution in [0.15, 0.2) is 39.3 Å². The number of benzene rings is 1. The Hall–Kier alpha value is -0.160. The minimum atomic E-state index is 0.551. The molecule has 1 aromatic heterocycles. The average Bonchev–Trinajstić information content (AvgIpc) is 3.19. The molecule has 1 saturated carbocycles. The van der Waals surface area contributed by atoms with E-state index in [2.05, 4.69) is 74.4 Å². The van der Waals surface area contributed by atoms with Crippen molar-refractivity contribution in [2.75, 3.05) is 6.54 Å². The zero-order valence-corrected chi connectivity index (χ0v) is 16.0. The van der Waals surface area contributed by atoms with Gasteiger partial charge in [0.25, 0.3) is 0 Å². The Morgan fingerprint density at radius 1 is 1.24 bits per heavy atom. The molecule has 1 aromatic carbocycles. The van der Waals surface area contributed by atoms with Crippen LogP contribution in [0.2, 0.25) is 0 Å². The van der Waals surface area contributed by atoms with Gasteiger partial charge >= 0.3 is 0 Å². The van der Waals surface area contributed by atoms with Crippen LogP contribution >= 0.6 is 43.2 Å². The van der Waals surface area contributed by atoms with E-state index in [-0.39, 0.29) is 0 Å². The normalized spacial score (nSPS) is 16.1. The smallest absolute Gasteiger partial charge is 0.0443 e. The first-order valence-electron chi connectivity index (χ1n) is 7.47. The lowest BCUT2D eigenvalue weighted by molar-refractivity contribution is 0.488. The Labute approximate surface area is 147 Å². The number of thiophene rings is 1. The highest BCUT2D eigenvalue weighted by Crippen LogP contribution is 2.45. The number of rotatable bonds is 6. The van der Waals surface area contributed by atoms with Gasteiger partial charge in [0.05, 0.1) is 0 Å². The third-order valence-corrected chi connectivity index (χ3v) is 6.22. The molecule has 112 valence electrons. The molecule has 0 aliphatic heterocycles. The standard InChI is InChI=1S/C17H19Br2NS/c1-2-9-20-17(11-3-4-11)16-8-7-15(21-16)13-10-12(18)5-6-14(13)19/h5-8,10-11,17,20H,2-4,9H2,1H3. The second-order valence-corrected chi connectivity index (χ2v) is 8.48. The maximum atomic E-state index is 3.73. The van der Waals surface area contributed by atoms with E-state index in [0.717, 1.165) is 21.4 Å². The van der Waals surface area contributed by atoms with Crippen LogP contribution in [-0.2, 0) is 0 Å².